The summed E-state index contributed by atoms with van der Waals surface area (Å²) in [6.45, 7) is 2.10. The van der Waals surface area contributed by atoms with Crippen molar-refractivity contribution >= 4 is 28.4 Å². The molecule has 0 fully saturated rings. The molecule has 4 rings (SSSR count). The highest BCUT2D eigenvalue weighted by molar-refractivity contribution is 8.03. The van der Waals surface area contributed by atoms with Gasteiger partial charge in [0.15, 0.2) is 5.50 Å². The molecule has 1 aliphatic rings. The van der Waals surface area contributed by atoms with Gasteiger partial charge in [-0.15, -0.1) is 0 Å². The van der Waals surface area contributed by atoms with E-state index in [0.717, 1.165) is 27.8 Å². The number of allylic oxidation sites excluding steroid dienone is 1. The van der Waals surface area contributed by atoms with Gasteiger partial charge in [0.2, 0.25) is 0 Å². The zero-order valence-electron chi connectivity index (χ0n) is 14.5. The van der Waals surface area contributed by atoms with Crippen LogP contribution in [0.3, 0.4) is 0 Å². The summed E-state index contributed by atoms with van der Waals surface area (Å²) in [5.74, 6) is 0. The lowest BCUT2D eigenvalue weighted by atomic mass is 10.1. The Balaban J connectivity index is 1.85. The van der Waals surface area contributed by atoms with Crippen LogP contribution in [0.4, 0.5) is 5.69 Å². The number of para-hydroxylation sites is 1. The predicted molar refractivity (Wildman–Crippen MR) is 106 cm³/mol. The second kappa shape index (κ2) is 6.41. The van der Waals surface area contributed by atoms with Crippen molar-refractivity contribution in [1.82, 2.24) is 9.47 Å². The molecule has 0 saturated carbocycles. The van der Waals surface area contributed by atoms with Gasteiger partial charge in [-0.25, -0.2) is 0 Å². The highest BCUT2D eigenvalue weighted by Gasteiger charge is 2.21. The largest absolute Gasteiger partial charge is 0.348 e. The molecular formula is C20H20N4S. The minimum atomic E-state index is 0.00240. The fraction of sp³-hybridized carbons (Fsp3) is 0.200. The standard InChI is InChI=1S/C20H20N4S/c1-14-13-23(2)20(25-14)22-21-18-16-11-7-8-12-17(16)24(3)19(18)15-9-5-4-6-10-15/h4-13,20H,1-3H3. The number of benzene rings is 2. The van der Waals surface area contributed by atoms with Crippen LogP contribution in [0.25, 0.3) is 22.2 Å². The molecule has 0 aliphatic carbocycles. The Bertz CT molecular complexity index is 972. The highest BCUT2D eigenvalue weighted by Crippen LogP contribution is 2.41. The number of hydrogen-bond acceptors (Lipinski definition) is 4. The third-order valence-corrected chi connectivity index (χ3v) is 5.52. The van der Waals surface area contributed by atoms with E-state index in [2.05, 4.69) is 83.3 Å². The first-order chi connectivity index (χ1) is 12.1. The molecule has 126 valence electrons. The molecule has 4 nitrogen and oxygen atoms in total. The lowest BCUT2D eigenvalue weighted by Crippen LogP contribution is -2.16. The molecule has 5 heteroatoms. The van der Waals surface area contributed by atoms with E-state index in [1.165, 1.54) is 4.91 Å². The Hall–Kier alpha value is -2.53. The molecule has 25 heavy (non-hydrogen) atoms. The van der Waals surface area contributed by atoms with Crippen LogP contribution in [0.2, 0.25) is 0 Å². The monoisotopic (exact) mass is 348 g/mol. The zero-order chi connectivity index (χ0) is 17.4. The van der Waals surface area contributed by atoms with Gasteiger partial charge >= 0.3 is 0 Å². The van der Waals surface area contributed by atoms with E-state index in [4.69, 9.17) is 5.11 Å². The fourth-order valence-electron chi connectivity index (χ4n) is 3.24. The van der Waals surface area contributed by atoms with Gasteiger partial charge in [-0.1, -0.05) is 60.3 Å². The normalized spacial score (nSPS) is 17.6. The summed E-state index contributed by atoms with van der Waals surface area (Å²) in [5.41, 5.74) is 4.35. The maximum Gasteiger partial charge on any atom is 0.193 e. The molecule has 0 N–H and O–H groups in total. The molecule has 1 aromatic heterocycles. The Kier molecular flexibility index (Phi) is 4.09. The van der Waals surface area contributed by atoms with Crippen LogP contribution >= 0.6 is 11.8 Å². The number of hydrogen-bond donors (Lipinski definition) is 0. The number of thioether (sulfide) groups is 1. The topological polar surface area (TPSA) is 32.9 Å². The van der Waals surface area contributed by atoms with Gasteiger partial charge < -0.3 is 9.47 Å². The molecule has 2 aromatic carbocycles. The zero-order valence-corrected chi connectivity index (χ0v) is 15.4. The van der Waals surface area contributed by atoms with Crippen LogP contribution in [-0.4, -0.2) is 22.0 Å². The van der Waals surface area contributed by atoms with Crippen molar-refractivity contribution in [3.8, 4) is 11.3 Å². The lowest BCUT2D eigenvalue weighted by molar-refractivity contribution is 0.436. The number of nitrogens with zero attached hydrogens (tertiary/aromatic N) is 4. The first kappa shape index (κ1) is 16.0. The van der Waals surface area contributed by atoms with E-state index in [1.54, 1.807) is 11.8 Å². The third-order valence-electron chi connectivity index (χ3n) is 4.41. The maximum atomic E-state index is 4.71. The Labute approximate surface area is 151 Å². The fourth-order valence-corrected chi connectivity index (χ4v) is 4.12. The van der Waals surface area contributed by atoms with E-state index in [1.807, 2.05) is 13.1 Å². The number of rotatable bonds is 3. The average Bonchev–Trinajstić information content (AvgIpc) is 3.10. The van der Waals surface area contributed by atoms with Crippen molar-refractivity contribution in [2.24, 2.45) is 17.3 Å². The summed E-state index contributed by atoms with van der Waals surface area (Å²) in [6, 6.07) is 18.7. The van der Waals surface area contributed by atoms with Crippen molar-refractivity contribution in [1.29, 1.82) is 0 Å². The van der Waals surface area contributed by atoms with Gasteiger partial charge in [-0.3, -0.25) is 0 Å². The molecule has 3 aromatic rings. The lowest BCUT2D eigenvalue weighted by Gasteiger charge is -2.13. The van der Waals surface area contributed by atoms with Gasteiger partial charge in [-0.2, -0.15) is 10.2 Å². The number of aryl methyl sites for hydroxylation is 1. The van der Waals surface area contributed by atoms with Crippen LogP contribution in [0.15, 0.2) is 75.9 Å². The minimum absolute atomic E-state index is 0.00240. The summed E-state index contributed by atoms with van der Waals surface area (Å²) in [5, 5.41) is 10.5. The van der Waals surface area contributed by atoms with Gasteiger partial charge in [0, 0.05) is 36.2 Å². The van der Waals surface area contributed by atoms with E-state index in [0.29, 0.717) is 0 Å². The molecule has 0 saturated heterocycles. The maximum absolute atomic E-state index is 4.71. The highest BCUT2D eigenvalue weighted by atomic mass is 32.2. The molecule has 1 unspecified atom stereocenters. The first-order valence-corrected chi connectivity index (χ1v) is 9.14. The summed E-state index contributed by atoms with van der Waals surface area (Å²) in [4.78, 5) is 3.35. The smallest absolute Gasteiger partial charge is 0.193 e. The molecule has 0 radical (unpaired) electrons. The molecular weight excluding hydrogens is 328 g/mol. The molecule has 2 heterocycles. The Morgan fingerprint density at radius 3 is 2.40 bits per heavy atom. The minimum Gasteiger partial charge on any atom is -0.348 e. The second-order valence-corrected chi connectivity index (χ2v) is 7.51. The van der Waals surface area contributed by atoms with Crippen molar-refractivity contribution in [2.75, 3.05) is 7.05 Å². The van der Waals surface area contributed by atoms with Crippen LogP contribution in [0.5, 0.6) is 0 Å². The summed E-state index contributed by atoms with van der Waals surface area (Å²) in [6.07, 6.45) is 2.11. The number of azo groups is 1. The van der Waals surface area contributed by atoms with Crippen LogP contribution in [0, 0.1) is 0 Å². The average molecular weight is 348 g/mol. The van der Waals surface area contributed by atoms with Crippen LogP contribution < -0.4 is 0 Å². The third kappa shape index (κ3) is 2.85. The van der Waals surface area contributed by atoms with Gasteiger partial charge in [0.05, 0.1) is 11.2 Å². The van der Waals surface area contributed by atoms with Crippen molar-refractivity contribution in [3.05, 3.63) is 65.7 Å². The molecule has 0 spiro atoms. The first-order valence-electron chi connectivity index (χ1n) is 8.26. The summed E-state index contributed by atoms with van der Waals surface area (Å²) >= 11 is 1.73. The number of aromatic nitrogens is 1. The van der Waals surface area contributed by atoms with Crippen molar-refractivity contribution in [3.63, 3.8) is 0 Å². The molecule has 1 atom stereocenters. The molecule has 1 aliphatic heterocycles. The van der Waals surface area contributed by atoms with E-state index < -0.39 is 0 Å². The van der Waals surface area contributed by atoms with Crippen LogP contribution in [0.1, 0.15) is 6.92 Å². The summed E-state index contributed by atoms with van der Waals surface area (Å²) in [7, 11) is 4.13. The second-order valence-electron chi connectivity index (χ2n) is 6.20. The Morgan fingerprint density at radius 1 is 0.960 bits per heavy atom. The molecule has 0 amide bonds. The quantitative estimate of drug-likeness (QED) is 0.564. The Morgan fingerprint density at radius 2 is 1.68 bits per heavy atom. The van der Waals surface area contributed by atoms with Gasteiger partial charge in [0.25, 0.3) is 0 Å². The van der Waals surface area contributed by atoms with Crippen LogP contribution in [-0.2, 0) is 7.05 Å². The SMILES string of the molecule is CC1=CN(C)C(N=Nc2c(-c3ccccc3)n(C)c3ccccc23)S1. The van der Waals surface area contributed by atoms with E-state index in [-0.39, 0.29) is 5.50 Å². The summed E-state index contributed by atoms with van der Waals surface area (Å²) < 4.78 is 2.20. The predicted octanol–water partition coefficient (Wildman–Crippen LogP) is 5.75. The van der Waals surface area contributed by atoms with E-state index in [9.17, 15) is 0 Å². The van der Waals surface area contributed by atoms with Crippen molar-refractivity contribution in [2.45, 2.75) is 12.4 Å². The van der Waals surface area contributed by atoms with Gasteiger partial charge in [0.1, 0.15) is 5.69 Å². The molecule has 0 bridgehead atoms. The van der Waals surface area contributed by atoms with E-state index >= 15 is 0 Å². The van der Waals surface area contributed by atoms with Gasteiger partial charge in [-0.05, 0) is 13.0 Å². The number of fused-ring (bicyclic) bond motifs is 1. The van der Waals surface area contributed by atoms with Crippen molar-refractivity contribution < 1.29 is 0 Å².